The van der Waals surface area contributed by atoms with Gasteiger partial charge in [0.05, 0.1) is 0 Å². The Balaban J connectivity index is 0.00000128. The van der Waals surface area contributed by atoms with Crippen molar-refractivity contribution in [3.63, 3.8) is 0 Å². The number of rotatable bonds is 4. The Morgan fingerprint density at radius 1 is 0.588 bits per heavy atom. The van der Waals surface area contributed by atoms with Gasteiger partial charge in [0, 0.05) is 0 Å². The first-order valence-electron chi connectivity index (χ1n) is 4.81. The van der Waals surface area contributed by atoms with Crippen molar-refractivity contribution in [3.05, 3.63) is 60.7 Å². The number of halogens is 2. The van der Waals surface area contributed by atoms with Gasteiger partial charge in [0.25, 0.3) is 0 Å². The van der Waals surface area contributed by atoms with Crippen LogP contribution in [-0.2, 0) is 0 Å². The van der Waals surface area contributed by atoms with E-state index in [0.29, 0.717) is 0 Å². The lowest BCUT2D eigenvalue weighted by Crippen LogP contribution is -2.10. The summed E-state index contributed by atoms with van der Waals surface area (Å²) < 4.78 is 11.1. The second-order valence-electron chi connectivity index (χ2n) is 3.03. The van der Waals surface area contributed by atoms with Crippen LogP contribution in [0.25, 0.3) is 0 Å². The van der Waals surface area contributed by atoms with Crippen molar-refractivity contribution >= 4 is 34.8 Å². The van der Waals surface area contributed by atoms with E-state index in [0.717, 1.165) is 11.5 Å². The zero-order valence-corrected chi connectivity index (χ0v) is 12.2. The molecule has 92 valence electrons. The summed E-state index contributed by atoms with van der Waals surface area (Å²) in [5, 5.41) is 0. The van der Waals surface area contributed by atoms with Crippen LogP contribution in [-0.4, -0.2) is 10.0 Å². The molecule has 17 heavy (non-hydrogen) atoms. The van der Waals surface area contributed by atoms with Crippen molar-refractivity contribution in [1.82, 2.24) is 0 Å². The van der Waals surface area contributed by atoms with Gasteiger partial charge in [0.15, 0.2) is 0 Å². The third-order valence-corrected chi connectivity index (χ3v) is 2.84. The standard InChI is InChI=1S/C12H12O2Si.2ClH/c1-3-7-11(8-4-1)13-15-14-12-9-5-2-6-10-12;;/h1-10H,15H2;2*1H. The summed E-state index contributed by atoms with van der Waals surface area (Å²) in [4.78, 5) is 0. The average molecular weight is 289 g/mol. The van der Waals surface area contributed by atoms with Crippen molar-refractivity contribution in [3.8, 4) is 11.5 Å². The van der Waals surface area contributed by atoms with Crippen molar-refractivity contribution in [2.24, 2.45) is 0 Å². The van der Waals surface area contributed by atoms with Gasteiger partial charge in [0.1, 0.15) is 11.5 Å². The molecule has 0 aliphatic carbocycles. The summed E-state index contributed by atoms with van der Waals surface area (Å²) in [6.45, 7) is 0. The molecule has 0 atom stereocenters. The van der Waals surface area contributed by atoms with E-state index in [1.807, 2.05) is 60.7 Å². The van der Waals surface area contributed by atoms with Crippen LogP contribution >= 0.6 is 24.8 Å². The van der Waals surface area contributed by atoms with Gasteiger partial charge in [-0.3, -0.25) is 0 Å². The minimum atomic E-state index is -0.985. The molecule has 0 N–H and O–H groups in total. The first kappa shape index (κ1) is 15.8. The molecule has 2 aromatic rings. The molecule has 0 saturated carbocycles. The lowest BCUT2D eigenvalue weighted by molar-refractivity contribution is 0.459. The lowest BCUT2D eigenvalue weighted by Gasteiger charge is -2.07. The second kappa shape index (κ2) is 8.93. The van der Waals surface area contributed by atoms with Crippen LogP contribution in [0.4, 0.5) is 0 Å². The molecule has 0 unspecified atom stereocenters. The number of hydrogen-bond donors (Lipinski definition) is 0. The molecule has 0 bridgehead atoms. The summed E-state index contributed by atoms with van der Waals surface area (Å²) in [5.41, 5.74) is 0. The van der Waals surface area contributed by atoms with Crippen molar-refractivity contribution in [2.75, 3.05) is 0 Å². The molecule has 0 radical (unpaired) electrons. The van der Waals surface area contributed by atoms with Crippen LogP contribution in [0.3, 0.4) is 0 Å². The Labute approximate surface area is 116 Å². The van der Waals surface area contributed by atoms with Gasteiger partial charge in [0.2, 0.25) is 0 Å². The van der Waals surface area contributed by atoms with Gasteiger partial charge >= 0.3 is 10.0 Å². The summed E-state index contributed by atoms with van der Waals surface area (Å²) >= 11 is 0. The van der Waals surface area contributed by atoms with E-state index >= 15 is 0 Å². The fourth-order valence-electron chi connectivity index (χ4n) is 1.20. The van der Waals surface area contributed by atoms with Crippen molar-refractivity contribution in [1.29, 1.82) is 0 Å². The molecule has 0 aromatic heterocycles. The van der Waals surface area contributed by atoms with Crippen LogP contribution in [0.2, 0.25) is 0 Å². The zero-order chi connectivity index (χ0) is 10.3. The Kier molecular flexibility index (Phi) is 8.32. The zero-order valence-electron chi connectivity index (χ0n) is 9.11. The third kappa shape index (κ3) is 5.63. The van der Waals surface area contributed by atoms with Crippen LogP contribution < -0.4 is 8.85 Å². The monoisotopic (exact) mass is 288 g/mol. The topological polar surface area (TPSA) is 18.5 Å². The van der Waals surface area contributed by atoms with E-state index in [1.54, 1.807) is 0 Å². The second-order valence-corrected chi connectivity index (χ2v) is 3.85. The molecule has 0 amide bonds. The third-order valence-electron chi connectivity index (χ3n) is 1.94. The minimum Gasteiger partial charge on any atom is -0.516 e. The number of para-hydroxylation sites is 2. The van der Waals surface area contributed by atoms with Gasteiger partial charge in [-0.15, -0.1) is 24.8 Å². The van der Waals surface area contributed by atoms with Crippen LogP contribution in [0.5, 0.6) is 11.5 Å². The maximum Gasteiger partial charge on any atom is 0.427 e. The molecule has 0 aliphatic heterocycles. The molecule has 0 heterocycles. The van der Waals surface area contributed by atoms with Gasteiger partial charge < -0.3 is 8.85 Å². The van der Waals surface area contributed by atoms with Crippen molar-refractivity contribution < 1.29 is 8.85 Å². The highest BCUT2D eigenvalue weighted by atomic mass is 35.5. The predicted molar refractivity (Wildman–Crippen MR) is 77.2 cm³/mol. The molecule has 0 aliphatic rings. The molecule has 2 aromatic carbocycles. The largest absolute Gasteiger partial charge is 0.516 e. The predicted octanol–water partition coefficient (Wildman–Crippen LogP) is 2.99. The van der Waals surface area contributed by atoms with Crippen LogP contribution in [0.1, 0.15) is 0 Å². The molecular formula is C12H14Cl2O2Si. The van der Waals surface area contributed by atoms with Crippen LogP contribution in [0, 0.1) is 0 Å². The normalized spacial score (nSPS) is 8.47. The van der Waals surface area contributed by atoms with E-state index < -0.39 is 10.0 Å². The average Bonchev–Trinajstić information content (AvgIpc) is 2.32. The molecule has 0 fully saturated rings. The molecular weight excluding hydrogens is 275 g/mol. The fraction of sp³-hybridized carbons (Fsp3) is 0. The van der Waals surface area contributed by atoms with E-state index in [2.05, 4.69) is 0 Å². The van der Waals surface area contributed by atoms with Crippen molar-refractivity contribution in [2.45, 2.75) is 0 Å². The molecule has 5 heteroatoms. The smallest absolute Gasteiger partial charge is 0.427 e. The number of benzene rings is 2. The molecule has 2 nitrogen and oxygen atoms in total. The van der Waals surface area contributed by atoms with Gasteiger partial charge in [-0.1, -0.05) is 36.4 Å². The minimum absolute atomic E-state index is 0. The molecule has 0 spiro atoms. The van der Waals surface area contributed by atoms with E-state index in [4.69, 9.17) is 8.85 Å². The first-order valence-corrected chi connectivity index (χ1v) is 5.96. The summed E-state index contributed by atoms with van der Waals surface area (Å²) in [7, 11) is -0.985. The van der Waals surface area contributed by atoms with E-state index in [-0.39, 0.29) is 24.8 Å². The summed E-state index contributed by atoms with van der Waals surface area (Å²) in [6.07, 6.45) is 0. The first-order chi connectivity index (χ1) is 7.45. The summed E-state index contributed by atoms with van der Waals surface area (Å²) in [5.74, 6) is 1.75. The Morgan fingerprint density at radius 3 is 1.29 bits per heavy atom. The van der Waals surface area contributed by atoms with Gasteiger partial charge in [-0.05, 0) is 24.3 Å². The molecule has 0 saturated heterocycles. The van der Waals surface area contributed by atoms with Crippen LogP contribution in [0.15, 0.2) is 60.7 Å². The molecule has 2 rings (SSSR count). The van der Waals surface area contributed by atoms with Gasteiger partial charge in [-0.25, -0.2) is 0 Å². The maximum absolute atomic E-state index is 5.53. The lowest BCUT2D eigenvalue weighted by atomic mass is 10.3. The van der Waals surface area contributed by atoms with Gasteiger partial charge in [-0.2, -0.15) is 0 Å². The SMILES string of the molecule is Cl.Cl.c1ccc(O[SiH2]Oc2ccccc2)cc1. The Hall–Kier alpha value is -1.16. The fourth-order valence-corrected chi connectivity index (χ4v) is 1.91. The highest BCUT2D eigenvalue weighted by Gasteiger charge is 1.94. The highest BCUT2D eigenvalue weighted by molar-refractivity contribution is 6.20. The maximum atomic E-state index is 5.53. The van der Waals surface area contributed by atoms with E-state index in [1.165, 1.54) is 0 Å². The Bertz CT molecular complexity index is 358. The quantitative estimate of drug-likeness (QED) is 0.806. The highest BCUT2D eigenvalue weighted by Crippen LogP contribution is 2.10. The Morgan fingerprint density at radius 2 is 0.941 bits per heavy atom. The van der Waals surface area contributed by atoms with E-state index in [9.17, 15) is 0 Å². The number of hydrogen-bond acceptors (Lipinski definition) is 2. The summed E-state index contributed by atoms with van der Waals surface area (Å²) in [6, 6.07) is 19.5.